The van der Waals surface area contributed by atoms with Gasteiger partial charge in [0.15, 0.2) is 0 Å². The number of hydrogen-bond donors (Lipinski definition) is 1. The summed E-state index contributed by atoms with van der Waals surface area (Å²) < 4.78 is 1.80. The molecular weight excluding hydrogens is 370 g/mol. The van der Waals surface area contributed by atoms with Gasteiger partial charge >= 0.3 is 0 Å². The number of nitrogens with one attached hydrogen (secondary N) is 1. The highest BCUT2D eigenvalue weighted by molar-refractivity contribution is 7.17. The van der Waals surface area contributed by atoms with Gasteiger partial charge in [-0.1, -0.05) is 30.3 Å². The van der Waals surface area contributed by atoms with E-state index in [-0.39, 0.29) is 0 Å². The number of aromatic nitrogens is 5. The number of rotatable bonds is 7. The van der Waals surface area contributed by atoms with E-state index < -0.39 is 0 Å². The van der Waals surface area contributed by atoms with Gasteiger partial charge in [-0.25, -0.2) is 15.0 Å². The van der Waals surface area contributed by atoms with Crippen LogP contribution in [0.4, 0.5) is 5.82 Å². The summed E-state index contributed by atoms with van der Waals surface area (Å²) in [6.45, 7) is 1.43. The Hall–Kier alpha value is -2.84. The molecule has 144 valence electrons. The van der Waals surface area contributed by atoms with Gasteiger partial charge in [0.1, 0.15) is 28.6 Å². The van der Waals surface area contributed by atoms with Gasteiger partial charge in [-0.3, -0.25) is 4.68 Å². The average Bonchev–Trinajstić information content (AvgIpc) is 3.28. The van der Waals surface area contributed by atoms with E-state index in [0.29, 0.717) is 6.54 Å². The summed E-state index contributed by atoms with van der Waals surface area (Å²) in [6, 6.07) is 10.4. The maximum absolute atomic E-state index is 4.84. The third-order valence-electron chi connectivity index (χ3n) is 4.47. The Labute approximate surface area is 168 Å². The topological polar surface area (TPSA) is 71.8 Å². The molecule has 4 rings (SSSR count). The molecular formula is C20H23N7S. The second-order valence-electron chi connectivity index (χ2n) is 6.90. The van der Waals surface area contributed by atoms with Crippen LogP contribution in [-0.2, 0) is 20.0 Å². The van der Waals surface area contributed by atoms with Crippen molar-refractivity contribution in [3.05, 3.63) is 53.7 Å². The van der Waals surface area contributed by atoms with Gasteiger partial charge in [-0.2, -0.15) is 5.10 Å². The van der Waals surface area contributed by atoms with Crippen LogP contribution < -0.4 is 5.32 Å². The zero-order valence-corrected chi connectivity index (χ0v) is 17.1. The maximum atomic E-state index is 4.84. The van der Waals surface area contributed by atoms with Crippen molar-refractivity contribution in [3.63, 3.8) is 0 Å². The lowest BCUT2D eigenvalue weighted by atomic mass is 10.1. The van der Waals surface area contributed by atoms with E-state index in [4.69, 9.17) is 9.97 Å². The van der Waals surface area contributed by atoms with E-state index in [1.807, 2.05) is 27.2 Å². The van der Waals surface area contributed by atoms with Gasteiger partial charge in [-0.05, 0) is 19.7 Å². The molecule has 4 aromatic rings. The summed E-state index contributed by atoms with van der Waals surface area (Å²) in [5, 5.41) is 10.9. The molecule has 0 spiro atoms. The molecule has 0 radical (unpaired) electrons. The highest BCUT2D eigenvalue weighted by Gasteiger charge is 2.16. The second kappa shape index (κ2) is 8.04. The summed E-state index contributed by atoms with van der Waals surface area (Å²) >= 11 is 1.66. The van der Waals surface area contributed by atoms with Crippen LogP contribution in [-0.4, -0.2) is 50.3 Å². The van der Waals surface area contributed by atoms with Gasteiger partial charge in [0.25, 0.3) is 0 Å². The van der Waals surface area contributed by atoms with E-state index >= 15 is 0 Å². The first kappa shape index (κ1) is 18.5. The molecule has 0 aliphatic carbocycles. The van der Waals surface area contributed by atoms with Crippen LogP contribution in [0.25, 0.3) is 21.3 Å². The average molecular weight is 394 g/mol. The fourth-order valence-corrected chi connectivity index (χ4v) is 4.10. The van der Waals surface area contributed by atoms with E-state index in [1.54, 1.807) is 22.3 Å². The number of fused-ring (bicyclic) bond motifs is 1. The third kappa shape index (κ3) is 3.88. The normalized spacial score (nSPS) is 11.4. The molecule has 1 N–H and O–H groups in total. The van der Waals surface area contributed by atoms with Gasteiger partial charge in [0.2, 0.25) is 0 Å². The SMILES string of the molecule is CN(C)Cc1nc(NCCc2ncnn2C)c2c(-c3ccccc3)csc2n1. The molecule has 0 saturated carbocycles. The van der Waals surface area contributed by atoms with Gasteiger partial charge < -0.3 is 10.2 Å². The Morgan fingerprint density at radius 3 is 2.68 bits per heavy atom. The molecule has 0 saturated heterocycles. The Morgan fingerprint density at radius 2 is 1.96 bits per heavy atom. The minimum Gasteiger partial charge on any atom is -0.369 e. The molecule has 7 nitrogen and oxygen atoms in total. The first-order chi connectivity index (χ1) is 13.6. The predicted molar refractivity (Wildman–Crippen MR) is 113 cm³/mol. The van der Waals surface area contributed by atoms with E-state index in [2.05, 4.69) is 49.9 Å². The molecule has 1 aromatic carbocycles. The lowest BCUT2D eigenvalue weighted by molar-refractivity contribution is 0.391. The van der Waals surface area contributed by atoms with E-state index in [0.717, 1.165) is 46.2 Å². The number of nitrogens with zero attached hydrogens (tertiary/aromatic N) is 6. The first-order valence-corrected chi connectivity index (χ1v) is 10.0. The fraction of sp³-hybridized carbons (Fsp3) is 0.300. The van der Waals surface area contributed by atoms with Gasteiger partial charge in [0, 0.05) is 31.0 Å². The van der Waals surface area contributed by atoms with Crippen molar-refractivity contribution in [1.82, 2.24) is 29.6 Å². The predicted octanol–water partition coefficient (Wildman–Crippen LogP) is 3.20. The van der Waals surface area contributed by atoms with Crippen molar-refractivity contribution in [2.24, 2.45) is 7.05 Å². The monoisotopic (exact) mass is 393 g/mol. The van der Waals surface area contributed by atoms with E-state index in [1.165, 1.54) is 5.56 Å². The molecule has 3 aromatic heterocycles. The van der Waals surface area contributed by atoms with Crippen LogP contribution in [0, 0.1) is 0 Å². The first-order valence-electron chi connectivity index (χ1n) is 9.17. The number of benzene rings is 1. The number of anilines is 1. The highest BCUT2D eigenvalue weighted by Crippen LogP contribution is 2.37. The van der Waals surface area contributed by atoms with Crippen molar-refractivity contribution in [2.45, 2.75) is 13.0 Å². The quantitative estimate of drug-likeness (QED) is 0.520. The molecule has 28 heavy (non-hydrogen) atoms. The summed E-state index contributed by atoms with van der Waals surface area (Å²) in [4.78, 5) is 17.0. The zero-order chi connectivity index (χ0) is 19.5. The molecule has 0 aliphatic rings. The van der Waals surface area contributed by atoms with Crippen molar-refractivity contribution in [3.8, 4) is 11.1 Å². The molecule has 0 unspecified atom stereocenters. The van der Waals surface area contributed by atoms with Gasteiger partial charge in [-0.15, -0.1) is 11.3 Å². The standard InChI is InChI=1S/C20H23N7S/c1-26(2)11-16-24-19(21-10-9-17-22-13-23-27(17)3)18-15(12-28-20(18)25-16)14-7-5-4-6-8-14/h4-8,12-13H,9-11H2,1-3H3,(H,21,24,25). The number of thiophene rings is 1. The highest BCUT2D eigenvalue weighted by atomic mass is 32.1. The summed E-state index contributed by atoms with van der Waals surface area (Å²) in [5.41, 5.74) is 2.34. The van der Waals surface area contributed by atoms with Crippen LogP contribution in [0.3, 0.4) is 0 Å². The van der Waals surface area contributed by atoms with Crippen LogP contribution >= 0.6 is 11.3 Å². The Morgan fingerprint density at radius 1 is 1.14 bits per heavy atom. The third-order valence-corrected chi connectivity index (χ3v) is 5.34. The summed E-state index contributed by atoms with van der Waals surface area (Å²) in [7, 11) is 5.96. The molecule has 0 fully saturated rings. The molecule has 0 atom stereocenters. The molecule has 0 aliphatic heterocycles. The Balaban J connectivity index is 1.70. The van der Waals surface area contributed by atoms with Crippen molar-refractivity contribution >= 4 is 27.4 Å². The van der Waals surface area contributed by atoms with Crippen LogP contribution in [0.15, 0.2) is 42.0 Å². The fourth-order valence-electron chi connectivity index (χ4n) is 3.14. The van der Waals surface area contributed by atoms with Crippen LogP contribution in [0.2, 0.25) is 0 Å². The van der Waals surface area contributed by atoms with Crippen molar-refractivity contribution < 1.29 is 0 Å². The Bertz CT molecular complexity index is 1070. The molecule has 8 heteroatoms. The number of hydrogen-bond acceptors (Lipinski definition) is 7. The smallest absolute Gasteiger partial charge is 0.146 e. The van der Waals surface area contributed by atoms with Crippen molar-refractivity contribution in [1.29, 1.82) is 0 Å². The van der Waals surface area contributed by atoms with E-state index in [9.17, 15) is 0 Å². The lowest BCUT2D eigenvalue weighted by Gasteiger charge is -2.13. The minimum atomic E-state index is 0.701. The second-order valence-corrected chi connectivity index (χ2v) is 7.76. The lowest BCUT2D eigenvalue weighted by Crippen LogP contribution is -2.15. The van der Waals surface area contributed by atoms with Crippen LogP contribution in [0.5, 0.6) is 0 Å². The van der Waals surface area contributed by atoms with Crippen molar-refractivity contribution in [2.75, 3.05) is 26.0 Å². The summed E-state index contributed by atoms with van der Waals surface area (Å²) in [5.74, 6) is 2.64. The molecule has 0 amide bonds. The van der Waals surface area contributed by atoms with Crippen LogP contribution in [0.1, 0.15) is 11.6 Å². The molecule has 3 heterocycles. The Kier molecular flexibility index (Phi) is 5.31. The minimum absolute atomic E-state index is 0.701. The zero-order valence-electron chi connectivity index (χ0n) is 16.3. The number of aryl methyl sites for hydroxylation is 1. The maximum Gasteiger partial charge on any atom is 0.146 e. The molecule has 0 bridgehead atoms. The van der Waals surface area contributed by atoms with Gasteiger partial charge in [0.05, 0.1) is 11.9 Å². The summed E-state index contributed by atoms with van der Waals surface area (Å²) in [6.07, 6.45) is 2.36. The largest absolute Gasteiger partial charge is 0.369 e.